The highest BCUT2D eigenvalue weighted by Gasteiger charge is 2.09. The van der Waals surface area contributed by atoms with Crippen LogP contribution in [-0.2, 0) is 6.42 Å². The third kappa shape index (κ3) is 6.05. The Balaban J connectivity index is 1.42. The molecule has 3 rings (SSSR count). The number of hydrogen-bond donors (Lipinski definition) is 2. The van der Waals surface area contributed by atoms with Crippen molar-refractivity contribution in [3.8, 4) is 5.75 Å². The molecule has 1 aromatic heterocycles. The molecule has 0 fully saturated rings. The number of halogens is 3. The van der Waals surface area contributed by atoms with Crippen LogP contribution >= 0.6 is 34.5 Å². The molecule has 0 radical (unpaired) electrons. The molecule has 0 saturated carbocycles. The van der Waals surface area contributed by atoms with Crippen molar-refractivity contribution in [1.29, 1.82) is 0 Å². The van der Waals surface area contributed by atoms with Gasteiger partial charge in [0, 0.05) is 17.1 Å². The van der Waals surface area contributed by atoms with Gasteiger partial charge in [-0.3, -0.25) is 5.32 Å². The van der Waals surface area contributed by atoms with E-state index in [0.717, 1.165) is 5.01 Å². The van der Waals surface area contributed by atoms with E-state index in [2.05, 4.69) is 20.8 Å². The second-order valence-electron chi connectivity index (χ2n) is 5.61. The molecule has 28 heavy (non-hydrogen) atoms. The molecule has 1 heterocycles. The fourth-order valence-corrected chi connectivity index (χ4v) is 3.44. The molecule has 10 heteroatoms. The summed E-state index contributed by atoms with van der Waals surface area (Å²) in [5.41, 5.74) is 0.474. The Kier molecular flexibility index (Phi) is 7.02. The Morgan fingerprint density at radius 2 is 1.89 bits per heavy atom. The van der Waals surface area contributed by atoms with Crippen LogP contribution in [-0.4, -0.2) is 22.8 Å². The largest absolute Gasteiger partial charge is 0.492 e. The number of nitrogens with zero attached hydrogens (tertiary/aromatic N) is 2. The summed E-state index contributed by atoms with van der Waals surface area (Å²) in [4.78, 5) is 11.9. The minimum absolute atomic E-state index is 0.372. The van der Waals surface area contributed by atoms with E-state index >= 15 is 0 Å². The Labute approximate surface area is 174 Å². The number of rotatable bonds is 7. The van der Waals surface area contributed by atoms with Gasteiger partial charge in [0.05, 0.1) is 11.6 Å². The predicted octanol–water partition coefficient (Wildman–Crippen LogP) is 5.64. The maximum Gasteiger partial charge on any atom is 0.325 e. The number of benzene rings is 2. The summed E-state index contributed by atoms with van der Waals surface area (Å²) < 4.78 is 18.5. The molecule has 3 aromatic rings. The predicted molar refractivity (Wildman–Crippen MR) is 109 cm³/mol. The maximum atomic E-state index is 12.9. The van der Waals surface area contributed by atoms with Crippen LogP contribution in [0.3, 0.4) is 0 Å². The highest BCUT2D eigenvalue weighted by molar-refractivity contribution is 7.15. The summed E-state index contributed by atoms with van der Waals surface area (Å²) >= 11 is 13.2. The molecule has 0 aliphatic carbocycles. The quantitative estimate of drug-likeness (QED) is 0.466. The minimum Gasteiger partial charge on any atom is -0.492 e. The third-order valence-electron chi connectivity index (χ3n) is 3.48. The molecular weight excluding hydrogens is 426 g/mol. The van der Waals surface area contributed by atoms with Crippen molar-refractivity contribution < 1.29 is 13.9 Å². The first-order valence-corrected chi connectivity index (χ1v) is 9.80. The molecule has 0 bridgehead atoms. The first-order chi connectivity index (χ1) is 13.5. The number of aryl methyl sites for hydroxylation is 1. The molecule has 0 aliphatic heterocycles. The smallest absolute Gasteiger partial charge is 0.325 e. The Morgan fingerprint density at radius 3 is 2.64 bits per heavy atom. The maximum absolute atomic E-state index is 12.9. The van der Waals surface area contributed by atoms with Crippen molar-refractivity contribution in [1.82, 2.24) is 10.2 Å². The van der Waals surface area contributed by atoms with E-state index in [0.29, 0.717) is 46.1 Å². The molecule has 2 aromatic carbocycles. The average Bonchev–Trinajstić information content (AvgIpc) is 3.09. The first kappa shape index (κ1) is 20.3. The summed E-state index contributed by atoms with van der Waals surface area (Å²) in [7, 11) is 0. The monoisotopic (exact) mass is 440 g/mol. The van der Waals surface area contributed by atoms with E-state index in [-0.39, 0.29) is 5.82 Å². The molecule has 6 nitrogen and oxygen atoms in total. The summed E-state index contributed by atoms with van der Waals surface area (Å²) in [6.45, 7) is 0.453. The first-order valence-electron chi connectivity index (χ1n) is 8.23. The fraction of sp³-hybridized carbons (Fsp3) is 0.167. The Hall–Kier alpha value is -2.42. The molecule has 2 amide bonds. The lowest BCUT2D eigenvalue weighted by Gasteiger charge is -2.07. The number of amides is 2. The number of carbonyl (C=O) groups is 1. The van der Waals surface area contributed by atoms with Crippen LogP contribution in [0.2, 0.25) is 10.0 Å². The number of ether oxygens (including phenoxy) is 1. The van der Waals surface area contributed by atoms with Gasteiger partial charge in [-0.15, -0.1) is 10.2 Å². The molecule has 0 aliphatic rings. The van der Waals surface area contributed by atoms with E-state index < -0.39 is 6.03 Å². The van der Waals surface area contributed by atoms with Crippen molar-refractivity contribution in [2.75, 3.05) is 17.2 Å². The van der Waals surface area contributed by atoms with Gasteiger partial charge in [0.1, 0.15) is 16.6 Å². The van der Waals surface area contributed by atoms with Crippen molar-refractivity contribution >= 4 is 51.4 Å². The summed E-state index contributed by atoms with van der Waals surface area (Å²) in [6, 6.07) is 10.0. The van der Waals surface area contributed by atoms with Gasteiger partial charge in [0.25, 0.3) is 0 Å². The molecule has 0 spiro atoms. The molecule has 0 unspecified atom stereocenters. The second-order valence-corrected chi connectivity index (χ2v) is 7.52. The number of nitrogens with one attached hydrogen (secondary N) is 2. The number of anilines is 2. The van der Waals surface area contributed by atoms with Crippen LogP contribution in [0.4, 0.5) is 20.0 Å². The van der Waals surface area contributed by atoms with Gasteiger partial charge in [-0.2, -0.15) is 0 Å². The Morgan fingerprint density at radius 1 is 1.11 bits per heavy atom. The lowest BCUT2D eigenvalue weighted by molar-refractivity contribution is 0.262. The van der Waals surface area contributed by atoms with Crippen molar-refractivity contribution in [2.24, 2.45) is 0 Å². The fourth-order valence-electron chi connectivity index (χ4n) is 2.20. The lowest BCUT2D eigenvalue weighted by atomic mass is 10.3. The van der Waals surface area contributed by atoms with E-state index in [1.165, 1.54) is 35.6 Å². The SMILES string of the molecule is O=C(Nc1ccc(F)cc1)Nc1nnc(CCCOc2ccc(Cl)cc2Cl)s1. The summed E-state index contributed by atoms with van der Waals surface area (Å²) in [5, 5.41) is 15.3. The van der Waals surface area contributed by atoms with Crippen molar-refractivity contribution in [3.05, 3.63) is 63.3 Å². The van der Waals surface area contributed by atoms with Crippen LogP contribution in [0, 0.1) is 5.82 Å². The average molecular weight is 441 g/mol. The number of carbonyl (C=O) groups excluding carboxylic acids is 1. The van der Waals surface area contributed by atoms with Crippen molar-refractivity contribution in [3.63, 3.8) is 0 Å². The number of urea groups is 1. The van der Waals surface area contributed by atoms with E-state index in [9.17, 15) is 9.18 Å². The van der Waals surface area contributed by atoms with Crippen LogP contribution in [0.15, 0.2) is 42.5 Å². The van der Waals surface area contributed by atoms with Gasteiger partial charge < -0.3 is 10.1 Å². The molecule has 0 atom stereocenters. The van der Waals surface area contributed by atoms with Gasteiger partial charge in [-0.1, -0.05) is 34.5 Å². The zero-order valence-electron chi connectivity index (χ0n) is 14.4. The van der Waals surface area contributed by atoms with E-state index in [1.807, 2.05) is 0 Å². The summed E-state index contributed by atoms with van der Waals surface area (Å²) in [5.74, 6) is 0.199. The molecular formula is C18H15Cl2FN4O2S. The van der Waals surface area contributed by atoms with Crippen LogP contribution in [0.1, 0.15) is 11.4 Å². The normalized spacial score (nSPS) is 10.5. The van der Waals surface area contributed by atoms with Gasteiger partial charge >= 0.3 is 6.03 Å². The van der Waals surface area contributed by atoms with Gasteiger partial charge in [-0.05, 0) is 48.9 Å². The number of aromatic nitrogens is 2. The molecule has 146 valence electrons. The highest BCUT2D eigenvalue weighted by atomic mass is 35.5. The zero-order chi connectivity index (χ0) is 19.9. The van der Waals surface area contributed by atoms with Crippen molar-refractivity contribution in [2.45, 2.75) is 12.8 Å². The molecule has 2 N–H and O–H groups in total. The van der Waals surface area contributed by atoms with Gasteiger partial charge in [-0.25, -0.2) is 9.18 Å². The van der Waals surface area contributed by atoms with Crippen LogP contribution in [0.5, 0.6) is 5.75 Å². The van der Waals surface area contributed by atoms with E-state index in [4.69, 9.17) is 27.9 Å². The third-order valence-corrected chi connectivity index (χ3v) is 4.90. The van der Waals surface area contributed by atoms with Gasteiger partial charge in [0.2, 0.25) is 5.13 Å². The summed E-state index contributed by atoms with van der Waals surface area (Å²) in [6.07, 6.45) is 1.35. The highest BCUT2D eigenvalue weighted by Crippen LogP contribution is 2.27. The van der Waals surface area contributed by atoms with Gasteiger partial charge in [0.15, 0.2) is 0 Å². The minimum atomic E-state index is -0.477. The topological polar surface area (TPSA) is 76.1 Å². The zero-order valence-corrected chi connectivity index (χ0v) is 16.7. The number of hydrogen-bond acceptors (Lipinski definition) is 5. The molecule has 0 saturated heterocycles. The van der Waals surface area contributed by atoms with Crippen LogP contribution < -0.4 is 15.4 Å². The Bertz CT molecular complexity index is 953. The standard InChI is InChI=1S/C18H15Cl2FN4O2S/c19-11-3-8-15(14(20)10-11)27-9-1-2-16-24-25-18(28-16)23-17(26)22-13-6-4-12(21)5-7-13/h3-8,10H,1-2,9H2,(H2,22,23,25,26). The second kappa shape index (κ2) is 9.68. The van der Waals surface area contributed by atoms with Crippen LogP contribution in [0.25, 0.3) is 0 Å². The van der Waals surface area contributed by atoms with E-state index in [1.54, 1.807) is 18.2 Å². The lowest BCUT2D eigenvalue weighted by Crippen LogP contribution is -2.19.